The molecule has 0 saturated carbocycles. The Bertz CT molecular complexity index is 504. The third kappa shape index (κ3) is 4.65. The summed E-state index contributed by atoms with van der Waals surface area (Å²) in [6.45, 7) is 8.63. The summed E-state index contributed by atoms with van der Waals surface area (Å²) < 4.78 is 6.71. The van der Waals surface area contributed by atoms with Crippen LogP contribution in [0.2, 0.25) is 0 Å². The van der Waals surface area contributed by atoms with Crippen LogP contribution < -0.4 is 11.1 Å². The van der Waals surface area contributed by atoms with Crippen LogP contribution in [0.25, 0.3) is 0 Å². The van der Waals surface area contributed by atoms with E-state index in [9.17, 15) is 0 Å². The minimum absolute atomic E-state index is 0.00735. The molecule has 1 aromatic rings. The first kappa shape index (κ1) is 16.7. The summed E-state index contributed by atoms with van der Waals surface area (Å²) in [5.41, 5.74) is 9.97. The lowest BCUT2D eigenvalue weighted by Crippen LogP contribution is -2.55. The second-order valence-electron chi connectivity index (χ2n) is 6.01. The van der Waals surface area contributed by atoms with E-state index < -0.39 is 0 Å². The molecule has 4 heteroatoms. The van der Waals surface area contributed by atoms with Gasteiger partial charge in [0.25, 0.3) is 0 Å². The lowest BCUT2D eigenvalue weighted by molar-refractivity contribution is 0.145. The van der Waals surface area contributed by atoms with Crippen molar-refractivity contribution in [3.63, 3.8) is 0 Å². The quantitative estimate of drug-likeness (QED) is 0.585. The van der Waals surface area contributed by atoms with Gasteiger partial charge in [0, 0.05) is 23.1 Å². The molecule has 0 radical (unpaired) electrons. The second-order valence-corrected chi connectivity index (χ2v) is 6.93. The minimum atomic E-state index is 0.00735. The van der Waals surface area contributed by atoms with Crippen LogP contribution in [-0.4, -0.2) is 31.8 Å². The number of ether oxygens (including phenoxy) is 1. The number of nitrogens with two attached hydrogens (primary N) is 1. The van der Waals surface area contributed by atoms with Gasteiger partial charge in [0.15, 0.2) is 0 Å². The molecule has 0 spiro atoms. The van der Waals surface area contributed by atoms with Gasteiger partial charge < -0.3 is 15.8 Å². The summed E-state index contributed by atoms with van der Waals surface area (Å²) in [4.78, 5) is 0. The monoisotopic (exact) mass is 352 g/mol. The number of fused-ring (bicyclic) bond motifs is 1. The summed E-state index contributed by atoms with van der Waals surface area (Å²) in [6, 6.07) is 6.55. The van der Waals surface area contributed by atoms with Crippen LogP contribution in [0, 0.1) is 0 Å². The summed E-state index contributed by atoms with van der Waals surface area (Å²) in [6.07, 6.45) is 3.14. The predicted octanol–water partition coefficient (Wildman–Crippen LogP) is 2.82. The van der Waals surface area contributed by atoms with Gasteiger partial charge in [-0.05, 0) is 49.4 Å². The zero-order valence-electron chi connectivity index (χ0n) is 12.8. The Morgan fingerprint density at radius 2 is 2.29 bits per heavy atom. The number of rotatable bonds is 7. The zero-order valence-corrected chi connectivity index (χ0v) is 14.3. The Balaban J connectivity index is 1.90. The average molecular weight is 353 g/mol. The summed E-state index contributed by atoms with van der Waals surface area (Å²) in [7, 11) is 0. The summed E-state index contributed by atoms with van der Waals surface area (Å²) >= 11 is 3.54. The molecule has 1 unspecified atom stereocenters. The van der Waals surface area contributed by atoms with Gasteiger partial charge in [0.1, 0.15) is 0 Å². The Morgan fingerprint density at radius 3 is 3.00 bits per heavy atom. The topological polar surface area (TPSA) is 47.3 Å². The molecule has 0 aliphatic heterocycles. The molecular weight excluding hydrogens is 328 g/mol. The number of aryl methyl sites for hydroxylation is 1. The fourth-order valence-corrected chi connectivity index (χ4v) is 3.27. The molecule has 3 N–H and O–H groups in total. The van der Waals surface area contributed by atoms with Gasteiger partial charge in [-0.15, -0.1) is 0 Å². The molecular formula is C17H25BrN2O. The minimum Gasteiger partial charge on any atom is -0.376 e. The van der Waals surface area contributed by atoms with E-state index in [2.05, 4.69) is 46.0 Å². The highest BCUT2D eigenvalue weighted by atomic mass is 79.9. The molecule has 0 fully saturated rings. The average Bonchev–Trinajstić information content (AvgIpc) is 2.47. The largest absolute Gasteiger partial charge is 0.376 e. The third-order valence-electron chi connectivity index (χ3n) is 4.06. The van der Waals surface area contributed by atoms with Gasteiger partial charge in [0.2, 0.25) is 0 Å². The molecule has 2 rings (SSSR count). The first-order chi connectivity index (χ1) is 10.0. The fourth-order valence-electron chi connectivity index (χ4n) is 2.86. The molecule has 21 heavy (non-hydrogen) atoms. The first-order valence-electron chi connectivity index (χ1n) is 7.49. The van der Waals surface area contributed by atoms with Crippen molar-refractivity contribution in [1.82, 2.24) is 5.32 Å². The molecule has 3 nitrogen and oxygen atoms in total. The van der Waals surface area contributed by atoms with E-state index in [1.807, 2.05) is 6.92 Å². The van der Waals surface area contributed by atoms with E-state index in [-0.39, 0.29) is 5.54 Å². The first-order valence-corrected chi connectivity index (χ1v) is 8.28. The van der Waals surface area contributed by atoms with Crippen molar-refractivity contribution in [2.24, 2.45) is 5.73 Å². The maximum atomic E-state index is 6.06. The molecule has 0 amide bonds. The van der Waals surface area contributed by atoms with Gasteiger partial charge in [-0.2, -0.15) is 0 Å². The highest BCUT2D eigenvalue weighted by Gasteiger charge is 2.32. The van der Waals surface area contributed by atoms with E-state index in [0.29, 0.717) is 19.8 Å². The van der Waals surface area contributed by atoms with Crippen molar-refractivity contribution < 1.29 is 4.74 Å². The van der Waals surface area contributed by atoms with Crippen molar-refractivity contribution in [2.75, 3.05) is 26.3 Å². The van der Waals surface area contributed by atoms with Crippen LogP contribution >= 0.6 is 15.9 Å². The van der Waals surface area contributed by atoms with Crippen LogP contribution in [0.5, 0.6) is 0 Å². The Kier molecular flexibility index (Phi) is 5.99. The van der Waals surface area contributed by atoms with Crippen LogP contribution in [0.3, 0.4) is 0 Å². The number of hydrogen-bond acceptors (Lipinski definition) is 3. The number of hydrogen-bond donors (Lipinski definition) is 2. The fraction of sp³-hybridized carbons (Fsp3) is 0.529. The third-order valence-corrected chi connectivity index (χ3v) is 4.55. The van der Waals surface area contributed by atoms with Crippen molar-refractivity contribution in [3.05, 3.63) is 46.0 Å². The number of halogens is 1. The van der Waals surface area contributed by atoms with E-state index in [4.69, 9.17) is 10.5 Å². The van der Waals surface area contributed by atoms with Crippen LogP contribution in [0.4, 0.5) is 0 Å². The molecule has 0 bridgehead atoms. The second kappa shape index (κ2) is 7.54. The Morgan fingerprint density at radius 1 is 1.48 bits per heavy atom. The van der Waals surface area contributed by atoms with Crippen molar-refractivity contribution >= 4 is 15.9 Å². The molecule has 1 atom stereocenters. The van der Waals surface area contributed by atoms with Crippen LogP contribution in [-0.2, 0) is 17.6 Å². The van der Waals surface area contributed by atoms with E-state index >= 15 is 0 Å². The molecule has 116 valence electrons. The normalized spacial score (nSPS) is 21.1. The van der Waals surface area contributed by atoms with Gasteiger partial charge in [0.05, 0.1) is 13.2 Å². The molecule has 1 aromatic carbocycles. The van der Waals surface area contributed by atoms with Crippen LogP contribution in [0.1, 0.15) is 24.5 Å². The molecule has 0 saturated heterocycles. The SMILES string of the molecule is C=C(C)COCCNC1(CN)CCc2cc(Br)ccc2C1. The smallest absolute Gasteiger partial charge is 0.0672 e. The maximum Gasteiger partial charge on any atom is 0.0672 e. The molecule has 0 heterocycles. The highest BCUT2D eigenvalue weighted by Crippen LogP contribution is 2.30. The standard InChI is InChI=1S/C17H25BrN2O/c1-13(2)11-21-8-7-20-17(12-19)6-5-14-9-16(18)4-3-15(14)10-17/h3-4,9,20H,1,5-8,10-12,19H2,2H3. The lowest BCUT2D eigenvalue weighted by atomic mass is 9.78. The van der Waals surface area contributed by atoms with Gasteiger partial charge >= 0.3 is 0 Å². The van der Waals surface area contributed by atoms with Gasteiger partial charge in [-0.25, -0.2) is 0 Å². The Hall–Kier alpha value is -0.680. The van der Waals surface area contributed by atoms with Crippen molar-refractivity contribution in [1.29, 1.82) is 0 Å². The van der Waals surface area contributed by atoms with Crippen molar-refractivity contribution in [2.45, 2.75) is 31.7 Å². The maximum absolute atomic E-state index is 6.06. The van der Waals surface area contributed by atoms with Crippen molar-refractivity contribution in [3.8, 4) is 0 Å². The Labute approximate surface area is 136 Å². The predicted molar refractivity (Wildman–Crippen MR) is 91.6 cm³/mol. The van der Waals surface area contributed by atoms with Gasteiger partial charge in [-0.3, -0.25) is 0 Å². The molecule has 1 aliphatic rings. The summed E-state index contributed by atoms with van der Waals surface area (Å²) in [5.74, 6) is 0. The van der Waals surface area contributed by atoms with Gasteiger partial charge in [-0.1, -0.05) is 34.1 Å². The molecule has 0 aromatic heterocycles. The number of nitrogens with one attached hydrogen (secondary N) is 1. The van der Waals surface area contributed by atoms with E-state index in [1.54, 1.807) is 0 Å². The van der Waals surface area contributed by atoms with Crippen LogP contribution in [0.15, 0.2) is 34.8 Å². The molecule has 1 aliphatic carbocycles. The van der Waals surface area contributed by atoms with E-state index in [0.717, 1.165) is 35.9 Å². The number of benzene rings is 1. The lowest BCUT2D eigenvalue weighted by Gasteiger charge is -2.38. The highest BCUT2D eigenvalue weighted by molar-refractivity contribution is 9.10. The van der Waals surface area contributed by atoms with E-state index in [1.165, 1.54) is 11.1 Å². The zero-order chi connectivity index (χ0) is 15.3. The summed E-state index contributed by atoms with van der Waals surface area (Å²) in [5, 5.41) is 3.62.